The summed E-state index contributed by atoms with van der Waals surface area (Å²) in [6.07, 6.45) is 3.87. The summed E-state index contributed by atoms with van der Waals surface area (Å²) in [6.45, 7) is 7.12. The van der Waals surface area contributed by atoms with Crippen LogP contribution in [0.5, 0.6) is 0 Å². The molecule has 1 amide bonds. The third-order valence-corrected chi connectivity index (χ3v) is 5.55. The van der Waals surface area contributed by atoms with Gasteiger partial charge in [-0.15, -0.1) is 0 Å². The van der Waals surface area contributed by atoms with Crippen molar-refractivity contribution in [2.75, 3.05) is 25.5 Å². The minimum absolute atomic E-state index is 0.0403. The van der Waals surface area contributed by atoms with Gasteiger partial charge in [0, 0.05) is 47.8 Å². The lowest BCUT2D eigenvalue weighted by molar-refractivity contribution is 0.0476. The first-order valence-corrected chi connectivity index (χ1v) is 11.1. The number of hydrogen-bond donors (Lipinski definition) is 3. The minimum Gasteiger partial charge on any atom is -0.444 e. The number of aromatic nitrogens is 3. The molecule has 0 radical (unpaired) electrons. The number of nitrogens with zero attached hydrogens (tertiary/aromatic N) is 3. The fourth-order valence-electron chi connectivity index (χ4n) is 4.08. The maximum absolute atomic E-state index is 12.2. The van der Waals surface area contributed by atoms with E-state index in [1.165, 1.54) is 0 Å². The molecule has 2 atom stereocenters. The summed E-state index contributed by atoms with van der Waals surface area (Å²) < 4.78 is 5.40. The predicted molar refractivity (Wildman–Crippen MR) is 127 cm³/mol. The molecule has 3 aromatic rings. The molecule has 32 heavy (non-hydrogen) atoms. The van der Waals surface area contributed by atoms with Crippen molar-refractivity contribution >= 4 is 34.5 Å². The highest BCUT2D eigenvalue weighted by molar-refractivity contribution is 6.33. The molecule has 0 saturated carbocycles. The smallest absolute Gasteiger partial charge is 0.407 e. The quantitative estimate of drug-likeness (QED) is 0.542. The second-order valence-corrected chi connectivity index (χ2v) is 9.69. The van der Waals surface area contributed by atoms with Crippen molar-refractivity contribution in [2.45, 2.75) is 44.9 Å². The number of rotatable bonds is 4. The molecule has 3 N–H and O–H groups in total. The summed E-state index contributed by atoms with van der Waals surface area (Å²) in [4.78, 5) is 26.7. The Morgan fingerprint density at radius 3 is 2.78 bits per heavy atom. The van der Waals surface area contributed by atoms with E-state index in [0.717, 1.165) is 36.0 Å². The standard InChI is InChI=1S/C23H29ClN6O2/c1-23(2,3)32-22(31)28-15-9-14(12-30(4)13-15)27-21-26-11-18(24)20(29-21)17-10-25-19-8-6-5-7-16(17)19/h5-8,10-11,14-15,25H,9,12-13H2,1-4H3,(H,28,31)(H,26,27,29). The second-order valence-electron chi connectivity index (χ2n) is 9.28. The van der Waals surface area contributed by atoms with Crippen LogP contribution in [-0.4, -0.2) is 63.8 Å². The number of carbonyl (C=O) groups excluding carboxylic acids is 1. The largest absolute Gasteiger partial charge is 0.444 e. The molecule has 2 unspecified atom stereocenters. The molecule has 1 aliphatic rings. The number of para-hydroxylation sites is 1. The number of aromatic amines is 1. The number of ether oxygens (including phenoxy) is 1. The van der Waals surface area contributed by atoms with Gasteiger partial charge in [-0.3, -0.25) is 0 Å². The first-order chi connectivity index (χ1) is 15.2. The third kappa shape index (κ3) is 5.31. The second kappa shape index (κ2) is 8.96. The van der Waals surface area contributed by atoms with Gasteiger partial charge < -0.3 is 25.3 Å². The Morgan fingerprint density at radius 1 is 1.25 bits per heavy atom. The normalized spacial score (nSPS) is 19.7. The van der Waals surface area contributed by atoms with Gasteiger partial charge in [0.15, 0.2) is 0 Å². The van der Waals surface area contributed by atoms with Crippen molar-refractivity contribution in [1.82, 2.24) is 25.2 Å². The molecule has 0 spiro atoms. The lowest BCUT2D eigenvalue weighted by Gasteiger charge is -2.36. The van der Waals surface area contributed by atoms with Crippen LogP contribution < -0.4 is 10.6 Å². The van der Waals surface area contributed by atoms with E-state index < -0.39 is 11.7 Å². The Bertz CT molecular complexity index is 1110. The number of benzene rings is 1. The van der Waals surface area contributed by atoms with Gasteiger partial charge in [0.05, 0.1) is 16.9 Å². The van der Waals surface area contributed by atoms with Gasteiger partial charge >= 0.3 is 6.09 Å². The summed E-state index contributed by atoms with van der Waals surface area (Å²) in [5, 5.41) is 7.94. The number of piperidine rings is 1. The van der Waals surface area contributed by atoms with Crippen LogP contribution in [-0.2, 0) is 4.74 Å². The SMILES string of the molecule is CN1CC(NC(=O)OC(C)(C)C)CC(Nc2ncc(Cl)c(-c3c[nH]c4ccccc34)n2)C1. The molecular formula is C23H29ClN6O2. The first kappa shape index (κ1) is 22.4. The van der Waals surface area contributed by atoms with Gasteiger partial charge in [0.1, 0.15) is 5.60 Å². The number of nitrogens with one attached hydrogen (secondary N) is 3. The van der Waals surface area contributed by atoms with Crippen LogP contribution in [0.15, 0.2) is 36.7 Å². The van der Waals surface area contributed by atoms with Crippen LogP contribution in [0.2, 0.25) is 5.02 Å². The van der Waals surface area contributed by atoms with E-state index in [0.29, 0.717) is 16.7 Å². The average molecular weight is 457 g/mol. The number of fused-ring (bicyclic) bond motifs is 1. The van der Waals surface area contributed by atoms with Crippen molar-refractivity contribution in [3.8, 4) is 11.3 Å². The molecule has 0 aliphatic carbocycles. The summed E-state index contributed by atoms with van der Waals surface area (Å²) in [5.41, 5.74) is 2.10. The van der Waals surface area contributed by atoms with E-state index in [1.807, 2.05) is 58.3 Å². The minimum atomic E-state index is -0.530. The molecular weight excluding hydrogens is 428 g/mol. The van der Waals surface area contributed by atoms with Crippen molar-refractivity contribution in [3.05, 3.63) is 41.7 Å². The maximum Gasteiger partial charge on any atom is 0.407 e. The first-order valence-electron chi connectivity index (χ1n) is 10.7. The molecule has 1 saturated heterocycles. The van der Waals surface area contributed by atoms with E-state index in [-0.39, 0.29) is 12.1 Å². The molecule has 3 heterocycles. The number of H-pyrrole nitrogens is 1. The Hall–Kier alpha value is -2.84. The Kier molecular flexibility index (Phi) is 6.26. The molecule has 170 valence electrons. The van der Waals surface area contributed by atoms with Gasteiger partial charge in [-0.05, 0) is 40.3 Å². The van der Waals surface area contributed by atoms with Crippen molar-refractivity contribution in [2.24, 2.45) is 0 Å². The Balaban J connectivity index is 1.49. The lowest BCUT2D eigenvalue weighted by Crippen LogP contribution is -2.53. The Labute approximate surface area is 192 Å². The number of anilines is 1. The maximum atomic E-state index is 12.2. The van der Waals surface area contributed by atoms with E-state index in [1.54, 1.807) is 6.20 Å². The van der Waals surface area contributed by atoms with Gasteiger partial charge in [-0.25, -0.2) is 14.8 Å². The third-order valence-electron chi connectivity index (χ3n) is 5.28. The van der Waals surface area contributed by atoms with E-state index in [4.69, 9.17) is 21.3 Å². The highest BCUT2D eigenvalue weighted by Gasteiger charge is 2.28. The summed E-state index contributed by atoms with van der Waals surface area (Å²) >= 11 is 6.45. The topological polar surface area (TPSA) is 95.2 Å². The number of likely N-dealkylation sites (tertiary alicyclic amines) is 1. The fraction of sp³-hybridized carbons (Fsp3) is 0.435. The average Bonchev–Trinajstić information content (AvgIpc) is 3.11. The number of alkyl carbamates (subject to hydrolysis) is 1. The predicted octanol–water partition coefficient (Wildman–Crippen LogP) is 4.29. The molecule has 1 aromatic carbocycles. The molecule has 9 heteroatoms. The summed E-state index contributed by atoms with van der Waals surface area (Å²) in [5.74, 6) is 0.506. The van der Waals surface area contributed by atoms with Gasteiger partial charge in [0.2, 0.25) is 5.95 Å². The van der Waals surface area contributed by atoms with Crippen molar-refractivity contribution < 1.29 is 9.53 Å². The van der Waals surface area contributed by atoms with Crippen LogP contribution in [0.1, 0.15) is 27.2 Å². The van der Waals surface area contributed by atoms with E-state index >= 15 is 0 Å². The van der Waals surface area contributed by atoms with Crippen molar-refractivity contribution in [1.29, 1.82) is 0 Å². The molecule has 2 aromatic heterocycles. The van der Waals surface area contributed by atoms with E-state index in [2.05, 4.69) is 25.5 Å². The Morgan fingerprint density at radius 2 is 2.00 bits per heavy atom. The molecule has 0 bridgehead atoms. The zero-order chi connectivity index (χ0) is 22.9. The number of carbonyl (C=O) groups is 1. The number of amides is 1. The fourth-order valence-corrected chi connectivity index (χ4v) is 4.27. The van der Waals surface area contributed by atoms with Gasteiger partial charge in [-0.1, -0.05) is 29.8 Å². The summed E-state index contributed by atoms with van der Waals surface area (Å²) in [7, 11) is 2.03. The van der Waals surface area contributed by atoms with Crippen LogP contribution >= 0.6 is 11.6 Å². The van der Waals surface area contributed by atoms with E-state index in [9.17, 15) is 4.79 Å². The van der Waals surface area contributed by atoms with Crippen LogP contribution in [0.4, 0.5) is 10.7 Å². The zero-order valence-electron chi connectivity index (χ0n) is 18.8. The van der Waals surface area contributed by atoms with Gasteiger partial charge in [0.25, 0.3) is 0 Å². The number of likely N-dealkylation sites (N-methyl/N-ethyl adjacent to an activating group) is 1. The van der Waals surface area contributed by atoms with Crippen LogP contribution in [0.25, 0.3) is 22.2 Å². The highest BCUT2D eigenvalue weighted by atomic mass is 35.5. The van der Waals surface area contributed by atoms with Crippen LogP contribution in [0, 0.1) is 0 Å². The lowest BCUT2D eigenvalue weighted by atomic mass is 10.0. The number of hydrogen-bond acceptors (Lipinski definition) is 6. The van der Waals surface area contributed by atoms with Crippen LogP contribution in [0.3, 0.4) is 0 Å². The monoisotopic (exact) mass is 456 g/mol. The van der Waals surface area contributed by atoms with Crippen molar-refractivity contribution in [3.63, 3.8) is 0 Å². The number of halogens is 1. The molecule has 4 rings (SSSR count). The summed E-state index contributed by atoms with van der Waals surface area (Å²) in [6, 6.07) is 8.05. The zero-order valence-corrected chi connectivity index (χ0v) is 19.5. The van der Waals surface area contributed by atoms with Gasteiger partial charge in [-0.2, -0.15) is 0 Å². The molecule has 1 aliphatic heterocycles. The molecule has 8 nitrogen and oxygen atoms in total. The highest BCUT2D eigenvalue weighted by Crippen LogP contribution is 2.32. The molecule has 1 fully saturated rings.